The molecule has 1 amide bonds. The zero-order valence-electron chi connectivity index (χ0n) is 13.1. The van der Waals surface area contributed by atoms with Gasteiger partial charge in [-0.2, -0.15) is 0 Å². The summed E-state index contributed by atoms with van der Waals surface area (Å²) in [5, 5.41) is 3.79. The van der Waals surface area contributed by atoms with Gasteiger partial charge in [0.05, 0.1) is 17.2 Å². The highest BCUT2D eigenvalue weighted by atomic mass is 35.5. The lowest BCUT2D eigenvalue weighted by Crippen LogP contribution is -2.46. The highest BCUT2D eigenvalue weighted by Crippen LogP contribution is 2.31. The number of hydrogen-bond donors (Lipinski definition) is 3. The third-order valence-corrected chi connectivity index (χ3v) is 5.46. The monoisotopic (exact) mass is 371 g/mol. The Morgan fingerprint density at radius 2 is 2.00 bits per heavy atom. The maximum Gasteiger partial charge on any atom is 0.324 e. The average molecular weight is 372 g/mol. The molecule has 0 spiro atoms. The molecule has 0 radical (unpaired) electrons. The molecule has 3 N–H and O–H groups in total. The van der Waals surface area contributed by atoms with Crippen molar-refractivity contribution in [2.45, 2.75) is 37.4 Å². The number of hydrazine groups is 1. The van der Waals surface area contributed by atoms with Crippen LogP contribution in [0.4, 0.5) is 0 Å². The Labute approximate surface area is 150 Å². The van der Waals surface area contributed by atoms with Crippen molar-refractivity contribution in [3.05, 3.63) is 33.8 Å². The Morgan fingerprint density at radius 3 is 2.71 bits per heavy atom. The molecular weight excluding hydrogens is 353 g/mol. The molecule has 6 nitrogen and oxygen atoms in total. The largest absolute Gasteiger partial charge is 0.468 e. The van der Waals surface area contributed by atoms with Crippen LogP contribution in [0.1, 0.15) is 29.6 Å². The van der Waals surface area contributed by atoms with Gasteiger partial charge in [0.2, 0.25) is 0 Å². The molecule has 130 valence electrons. The Kier molecular flexibility index (Phi) is 5.30. The second-order valence-corrected chi connectivity index (χ2v) is 6.99. The number of methoxy groups -OCH3 is 1. The Hall–Kier alpha value is -1.34. The SMILES string of the molecule is COC(=O)C1NNC2CCC(NC(=O)c3ccc(Cl)c(Cl)c3)CC21. The van der Waals surface area contributed by atoms with Crippen molar-refractivity contribution < 1.29 is 14.3 Å². The summed E-state index contributed by atoms with van der Waals surface area (Å²) >= 11 is 11.8. The molecule has 24 heavy (non-hydrogen) atoms. The van der Waals surface area contributed by atoms with E-state index in [1.54, 1.807) is 18.2 Å². The first-order chi connectivity index (χ1) is 11.5. The first kappa shape index (κ1) is 17.5. The maximum absolute atomic E-state index is 12.4. The van der Waals surface area contributed by atoms with Gasteiger partial charge in [-0.1, -0.05) is 23.2 Å². The van der Waals surface area contributed by atoms with Crippen LogP contribution < -0.4 is 16.2 Å². The van der Waals surface area contributed by atoms with Gasteiger partial charge in [0.15, 0.2) is 0 Å². The van der Waals surface area contributed by atoms with Crippen molar-refractivity contribution >= 4 is 35.1 Å². The molecule has 2 fully saturated rings. The number of ether oxygens (including phenoxy) is 1. The fourth-order valence-electron chi connectivity index (χ4n) is 3.45. The lowest BCUT2D eigenvalue weighted by molar-refractivity contribution is -0.144. The summed E-state index contributed by atoms with van der Waals surface area (Å²) in [5.74, 6) is -0.387. The van der Waals surface area contributed by atoms with Crippen molar-refractivity contribution in [1.29, 1.82) is 0 Å². The molecule has 0 aromatic heterocycles. The predicted molar refractivity (Wildman–Crippen MR) is 90.9 cm³/mol. The molecule has 1 heterocycles. The van der Waals surface area contributed by atoms with Crippen LogP contribution in [0.15, 0.2) is 18.2 Å². The standard InChI is InChI=1S/C16H19Cl2N3O3/c1-24-16(23)14-10-7-9(3-5-13(10)20-21-14)19-15(22)8-2-4-11(17)12(18)6-8/h2,4,6,9-10,13-14,20-21H,3,5,7H2,1H3,(H,19,22). The zero-order chi connectivity index (χ0) is 17.3. The van der Waals surface area contributed by atoms with Crippen LogP contribution in [-0.4, -0.2) is 37.1 Å². The molecule has 1 aromatic carbocycles. The van der Waals surface area contributed by atoms with Gasteiger partial charge in [0, 0.05) is 23.6 Å². The van der Waals surface area contributed by atoms with Crippen LogP contribution in [0.2, 0.25) is 10.0 Å². The predicted octanol–water partition coefficient (Wildman–Crippen LogP) is 1.91. The van der Waals surface area contributed by atoms with Gasteiger partial charge in [0.1, 0.15) is 6.04 Å². The van der Waals surface area contributed by atoms with Crippen molar-refractivity contribution in [1.82, 2.24) is 16.2 Å². The second kappa shape index (κ2) is 7.27. The Balaban J connectivity index is 1.64. The van der Waals surface area contributed by atoms with Crippen LogP contribution in [-0.2, 0) is 9.53 Å². The summed E-state index contributed by atoms with van der Waals surface area (Å²) in [4.78, 5) is 24.3. The van der Waals surface area contributed by atoms with Gasteiger partial charge in [-0.15, -0.1) is 0 Å². The number of esters is 1. The van der Waals surface area contributed by atoms with Crippen LogP contribution in [0, 0.1) is 5.92 Å². The van der Waals surface area contributed by atoms with E-state index < -0.39 is 0 Å². The first-order valence-corrected chi connectivity index (χ1v) is 8.60. The van der Waals surface area contributed by atoms with E-state index in [-0.39, 0.29) is 35.9 Å². The molecule has 0 bridgehead atoms. The molecule has 3 rings (SSSR count). The van der Waals surface area contributed by atoms with Gasteiger partial charge >= 0.3 is 5.97 Å². The number of fused-ring (bicyclic) bond motifs is 1. The van der Waals surface area contributed by atoms with E-state index in [0.29, 0.717) is 22.0 Å². The molecule has 1 aliphatic heterocycles. The van der Waals surface area contributed by atoms with E-state index in [1.165, 1.54) is 7.11 Å². The number of halogens is 2. The number of nitrogens with one attached hydrogen (secondary N) is 3. The third-order valence-electron chi connectivity index (χ3n) is 4.72. The van der Waals surface area contributed by atoms with E-state index in [0.717, 1.165) is 12.8 Å². The zero-order valence-corrected chi connectivity index (χ0v) is 14.7. The lowest BCUT2D eigenvalue weighted by atomic mass is 9.79. The third kappa shape index (κ3) is 3.52. The fourth-order valence-corrected chi connectivity index (χ4v) is 3.75. The van der Waals surface area contributed by atoms with Crippen LogP contribution >= 0.6 is 23.2 Å². The van der Waals surface area contributed by atoms with Gasteiger partial charge in [-0.3, -0.25) is 15.0 Å². The molecule has 4 atom stereocenters. The molecular formula is C16H19Cl2N3O3. The van der Waals surface area contributed by atoms with Gasteiger partial charge in [-0.05, 0) is 37.5 Å². The molecule has 1 saturated heterocycles. The van der Waals surface area contributed by atoms with Crippen molar-refractivity contribution in [3.8, 4) is 0 Å². The van der Waals surface area contributed by atoms with Crippen LogP contribution in [0.3, 0.4) is 0 Å². The Morgan fingerprint density at radius 1 is 1.21 bits per heavy atom. The van der Waals surface area contributed by atoms with E-state index in [2.05, 4.69) is 16.2 Å². The summed E-state index contributed by atoms with van der Waals surface area (Å²) in [7, 11) is 1.38. The van der Waals surface area contributed by atoms with Gasteiger partial charge < -0.3 is 10.1 Å². The lowest BCUT2D eigenvalue weighted by Gasteiger charge is -2.32. The number of rotatable bonds is 3. The average Bonchev–Trinajstić information content (AvgIpc) is 2.99. The second-order valence-electron chi connectivity index (χ2n) is 6.17. The summed E-state index contributed by atoms with van der Waals surface area (Å²) in [5.41, 5.74) is 6.62. The first-order valence-electron chi connectivity index (χ1n) is 7.84. The molecule has 1 saturated carbocycles. The van der Waals surface area contributed by atoms with E-state index >= 15 is 0 Å². The molecule has 2 aliphatic rings. The van der Waals surface area contributed by atoms with Crippen LogP contribution in [0.5, 0.6) is 0 Å². The molecule has 1 aliphatic carbocycles. The highest BCUT2D eigenvalue weighted by Gasteiger charge is 2.44. The van der Waals surface area contributed by atoms with Crippen molar-refractivity contribution in [3.63, 3.8) is 0 Å². The smallest absolute Gasteiger partial charge is 0.324 e. The molecule has 8 heteroatoms. The van der Waals surface area contributed by atoms with Crippen molar-refractivity contribution in [2.24, 2.45) is 5.92 Å². The van der Waals surface area contributed by atoms with E-state index in [4.69, 9.17) is 27.9 Å². The normalized spacial score (nSPS) is 29.0. The highest BCUT2D eigenvalue weighted by molar-refractivity contribution is 6.42. The van der Waals surface area contributed by atoms with Crippen LogP contribution in [0.25, 0.3) is 0 Å². The number of carbonyl (C=O) groups excluding carboxylic acids is 2. The molecule has 1 aromatic rings. The summed E-state index contributed by atoms with van der Waals surface area (Å²) in [6.45, 7) is 0. The minimum absolute atomic E-state index is 0.00191. The topological polar surface area (TPSA) is 79.5 Å². The van der Waals surface area contributed by atoms with Gasteiger partial charge in [-0.25, -0.2) is 5.43 Å². The number of carbonyl (C=O) groups is 2. The number of hydrogen-bond acceptors (Lipinski definition) is 5. The Bertz CT molecular complexity index is 655. The summed E-state index contributed by atoms with van der Waals surface area (Å²) in [6.07, 6.45) is 2.42. The quantitative estimate of drug-likeness (QED) is 0.707. The fraction of sp³-hybridized carbons (Fsp3) is 0.500. The van der Waals surface area contributed by atoms with E-state index in [1.807, 2.05) is 0 Å². The minimum Gasteiger partial charge on any atom is -0.468 e. The van der Waals surface area contributed by atoms with E-state index in [9.17, 15) is 9.59 Å². The van der Waals surface area contributed by atoms with Crippen molar-refractivity contribution in [2.75, 3.05) is 7.11 Å². The maximum atomic E-state index is 12.4. The molecule has 4 unspecified atom stereocenters. The number of amides is 1. The summed E-state index contributed by atoms with van der Waals surface area (Å²) in [6, 6.07) is 4.64. The summed E-state index contributed by atoms with van der Waals surface area (Å²) < 4.78 is 4.84. The number of benzene rings is 1. The van der Waals surface area contributed by atoms with Gasteiger partial charge in [0.25, 0.3) is 5.91 Å². The minimum atomic E-state index is -0.385.